The van der Waals surface area contributed by atoms with E-state index >= 15 is 0 Å². The zero-order valence-corrected chi connectivity index (χ0v) is 15.8. The van der Waals surface area contributed by atoms with Gasteiger partial charge in [0, 0.05) is 12.1 Å². The lowest BCUT2D eigenvalue weighted by atomic mass is 9.97. The number of amides is 1. The Morgan fingerprint density at radius 2 is 1.80 bits per heavy atom. The summed E-state index contributed by atoms with van der Waals surface area (Å²) in [5, 5.41) is 0.235. The molecule has 1 amide bonds. The number of hydrogen-bond donors (Lipinski definition) is 0. The van der Waals surface area contributed by atoms with Crippen molar-refractivity contribution in [3.8, 4) is 11.5 Å². The van der Waals surface area contributed by atoms with Gasteiger partial charge in [-0.3, -0.25) is 4.79 Å². The molecule has 1 aliphatic rings. The Balaban J connectivity index is 2.05. The molecule has 0 aliphatic carbocycles. The molecule has 1 aliphatic heterocycles. The predicted molar refractivity (Wildman–Crippen MR) is 94.5 cm³/mol. The Hall–Kier alpha value is -1.95. The fourth-order valence-corrected chi connectivity index (χ4v) is 3.52. The fourth-order valence-electron chi connectivity index (χ4n) is 3.23. The second-order valence-electron chi connectivity index (χ2n) is 6.20. The monoisotopic (exact) mass is 369 g/mol. The number of esters is 1. The second kappa shape index (κ2) is 8.43. The van der Waals surface area contributed by atoms with Gasteiger partial charge in [0.1, 0.15) is 0 Å². The predicted octanol–water partition coefficient (Wildman–Crippen LogP) is 3.30. The summed E-state index contributed by atoms with van der Waals surface area (Å²) in [5.41, 5.74) is 0.204. The van der Waals surface area contributed by atoms with Crippen molar-refractivity contribution in [1.29, 1.82) is 0 Å². The van der Waals surface area contributed by atoms with E-state index in [9.17, 15) is 9.59 Å². The van der Waals surface area contributed by atoms with E-state index < -0.39 is 5.97 Å². The summed E-state index contributed by atoms with van der Waals surface area (Å²) in [7, 11) is 2.91. The molecular formula is C18H24ClNO5. The molecule has 2 atom stereocenters. The average Bonchev–Trinajstić information content (AvgIpc) is 2.58. The highest BCUT2D eigenvalue weighted by Gasteiger charge is 2.29. The largest absolute Gasteiger partial charge is 0.493 e. The van der Waals surface area contributed by atoms with Crippen LogP contribution in [0.25, 0.3) is 0 Å². The molecule has 7 heteroatoms. The van der Waals surface area contributed by atoms with Crippen LogP contribution in [0.15, 0.2) is 12.1 Å². The van der Waals surface area contributed by atoms with Crippen molar-refractivity contribution in [2.75, 3.05) is 20.8 Å². The van der Waals surface area contributed by atoms with E-state index in [1.165, 1.54) is 26.4 Å². The van der Waals surface area contributed by atoms with Crippen molar-refractivity contribution in [1.82, 2.24) is 4.90 Å². The van der Waals surface area contributed by atoms with Gasteiger partial charge in [0.25, 0.3) is 5.91 Å². The summed E-state index contributed by atoms with van der Waals surface area (Å²) in [4.78, 5) is 26.5. The number of halogens is 1. The molecule has 1 heterocycles. The molecule has 0 aromatic heterocycles. The molecule has 2 rings (SSSR count). The molecule has 138 valence electrons. The minimum absolute atomic E-state index is 0.158. The number of piperidine rings is 1. The normalized spacial score (nSPS) is 20.1. The SMILES string of the molecule is COc1cc(C(=O)OCC(=O)N2[C@H](C)CCC[C@@H]2C)cc(Cl)c1OC. The van der Waals surface area contributed by atoms with Gasteiger partial charge < -0.3 is 19.1 Å². The van der Waals surface area contributed by atoms with Gasteiger partial charge in [0.05, 0.1) is 24.8 Å². The van der Waals surface area contributed by atoms with Gasteiger partial charge in [-0.05, 0) is 45.2 Å². The summed E-state index contributed by atoms with van der Waals surface area (Å²) in [5.74, 6) is -0.146. The molecule has 1 aromatic carbocycles. The van der Waals surface area contributed by atoms with Crippen molar-refractivity contribution in [3.05, 3.63) is 22.7 Å². The Kier molecular flexibility index (Phi) is 6.53. The molecule has 0 spiro atoms. The minimum Gasteiger partial charge on any atom is -0.493 e. The third kappa shape index (κ3) is 4.37. The number of benzene rings is 1. The van der Waals surface area contributed by atoms with Crippen LogP contribution < -0.4 is 9.47 Å². The van der Waals surface area contributed by atoms with E-state index in [2.05, 4.69) is 0 Å². The molecule has 1 saturated heterocycles. The van der Waals surface area contributed by atoms with E-state index in [1.54, 1.807) is 4.90 Å². The summed E-state index contributed by atoms with van der Waals surface area (Å²) < 4.78 is 15.5. The molecule has 0 saturated carbocycles. The van der Waals surface area contributed by atoms with Gasteiger partial charge in [-0.1, -0.05) is 11.6 Å². The number of carbonyl (C=O) groups excluding carboxylic acids is 2. The van der Waals surface area contributed by atoms with Crippen LogP contribution in [-0.2, 0) is 9.53 Å². The maximum Gasteiger partial charge on any atom is 0.338 e. The summed E-state index contributed by atoms with van der Waals surface area (Å²) in [6.45, 7) is 3.74. The number of hydrogen-bond acceptors (Lipinski definition) is 5. The van der Waals surface area contributed by atoms with Crippen LogP contribution in [0.2, 0.25) is 5.02 Å². The molecule has 0 N–H and O–H groups in total. The maximum atomic E-state index is 12.4. The van der Waals surface area contributed by atoms with Crippen LogP contribution >= 0.6 is 11.6 Å². The summed E-state index contributed by atoms with van der Waals surface area (Å²) in [6.07, 6.45) is 3.04. The van der Waals surface area contributed by atoms with Crippen molar-refractivity contribution in [3.63, 3.8) is 0 Å². The van der Waals surface area contributed by atoms with Crippen molar-refractivity contribution in [2.45, 2.75) is 45.2 Å². The second-order valence-corrected chi connectivity index (χ2v) is 6.61. The highest BCUT2D eigenvalue weighted by Crippen LogP contribution is 2.36. The lowest BCUT2D eigenvalue weighted by molar-refractivity contribution is -0.140. The van der Waals surface area contributed by atoms with Gasteiger partial charge in [-0.15, -0.1) is 0 Å². The van der Waals surface area contributed by atoms with Crippen LogP contribution in [0.1, 0.15) is 43.5 Å². The molecule has 6 nitrogen and oxygen atoms in total. The van der Waals surface area contributed by atoms with Crippen molar-refractivity contribution < 1.29 is 23.8 Å². The first-order valence-electron chi connectivity index (χ1n) is 8.28. The third-order valence-electron chi connectivity index (χ3n) is 4.48. The minimum atomic E-state index is -0.631. The van der Waals surface area contributed by atoms with Gasteiger partial charge in [-0.2, -0.15) is 0 Å². The lowest BCUT2D eigenvalue weighted by Crippen LogP contribution is -2.49. The molecule has 0 radical (unpaired) electrons. The van der Waals surface area contributed by atoms with Crippen LogP contribution in [0.5, 0.6) is 11.5 Å². The molecule has 0 bridgehead atoms. The molecular weight excluding hydrogens is 346 g/mol. The van der Waals surface area contributed by atoms with Crippen LogP contribution in [-0.4, -0.2) is 49.7 Å². The Morgan fingerprint density at radius 1 is 1.16 bits per heavy atom. The smallest absolute Gasteiger partial charge is 0.338 e. The number of rotatable bonds is 5. The van der Waals surface area contributed by atoms with Crippen LogP contribution in [0.3, 0.4) is 0 Å². The Bertz CT molecular complexity index is 639. The molecule has 0 unspecified atom stereocenters. The van der Waals surface area contributed by atoms with Gasteiger partial charge >= 0.3 is 5.97 Å². The number of carbonyl (C=O) groups is 2. The number of ether oxygens (including phenoxy) is 3. The first kappa shape index (κ1) is 19.4. The Labute approximate surface area is 153 Å². The first-order chi connectivity index (χ1) is 11.9. The highest BCUT2D eigenvalue weighted by atomic mass is 35.5. The number of methoxy groups -OCH3 is 2. The van der Waals surface area contributed by atoms with E-state index in [4.69, 9.17) is 25.8 Å². The van der Waals surface area contributed by atoms with E-state index in [0.29, 0.717) is 11.5 Å². The van der Waals surface area contributed by atoms with Gasteiger partial charge in [0.15, 0.2) is 18.1 Å². The average molecular weight is 370 g/mol. The summed E-state index contributed by atoms with van der Waals surface area (Å²) >= 11 is 6.09. The fraction of sp³-hybridized carbons (Fsp3) is 0.556. The number of likely N-dealkylation sites (tertiary alicyclic amines) is 1. The quantitative estimate of drug-likeness (QED) is 0.745. The first-order valence-corrected chi connectivity index (χ1v) is 8.66. The zero-order chi connectivity index (χ0) is 18.6. The topological polar surface area (TPSA) is 65.1 Å². The van der Waals surface area contributed by atoms with Crippen molar-refractivity contribution in [2.24, 2.45) is 0 Å². The van der Waals surface area contributed by atoms with Gasteiger partial charge in [-0.25, -0.2) is 4.79 Å². The summed E-state index contributed by atoms with van der Waals surface area (Å²) in [6, 6.07) is 3.22. The maximum absolute atomic E-state index is 12.4. The standard InChI is InChI=1S/C18H24ClNO5/c1-11-6-5-7-12(2)20(11)16(21)10-25-18(22)13-8-14(19)17(24-4)15(9-13)23-3/h8-9,11-12H,5-7,10H2,1-4H3/t11-,12+. The zero-order valence-electron chi connectivity index (χ0n) is 15.0. The lowest BCUT2D eigenvalue weighted by Gasteiger charge is -2.38. The molecule has 1 fully saturated rings. The van der Waals surface area contributed by atoms with E-state index in [0.717, 1.165) is 19.3 Å². The Morgan fingerprint density at radius 3 is 2.36 bits per heavy atom. The van der Waals surface area contributed by atoms with E-state index in [1.807, 2.05) is 13.8 Å². The highest BCUT2D eigenvalue weighted by molar-refractivity contribution is 6.32. The van der Waals surface area contributed by atoms with Crippen molar-refractivity contribution >= 4 is 23.5 Å². The molecule has 25 heavy (non-hydrogen) atoms. The molecule has 1 aromatic rings. The van der Waals surface area contributed by atoms with Crippen LogP contribution in [0.4, 0.5) is 0 Å². The van der Waals surface area contributed by atoms with Gasteiger partial charge in [0.2, 0.25) is 0 Å². The number of nitrogens with zero attached hydrogens (tertiary/aromatic N) is 1. The van der Waals surface area contributed by atoms with Crippen LogP contribution in [0, 0.1) is 0 Å². The van der Waals surface area contributed by atoms with E-state index in [-0.39, 0.29) is 35.2 Å². The third-order valence-corrected chi connectivity index (χ3v) is 4.76.